The quantitative estimate of drug-likeness (QED) is 0.476. The maximum absolute atomic E-state index is 15.7. The van der Waals surface area contributed by atoms with Crippen LogP contribution in [0.4, 0.5) is 9.18 Å². The molecule has 1 aliphatic carbocycles. The number of carboxylic acid groups (broad SMARTS) is 1. The van der Waals surface area contributed by atoms with E-state index in [2.05, 4.69) is 18.7 Å². The Morgan fingerprint density at radius 2 is 1.86 bits per heavy atom. The highest BCUT2D eigenvalue weighted by atomic mass is 35.5. The summed E-state index contributed by atoms with van der Waals surface area (Å²) in [6, 6.07) is 8.30. The minimum atomic E-state index is -0.915. The minimum absolute atomic E-state index is 0.0623. The predicted octanol–water partition coefficient (Wildman–Crippen LogP) is 7.02. The number of nitrogens with zero attached hydrogens (tertiary/aromatic N) is 2. The number of halogens is 2. The van der Waals surface area contributed by atoms with Gasteiger partial charge in [-0.25, -0.2) is 9.18 Å². The molecule has 6 rings (SSSR count). The third kappa shape index (κ3) is 4.58. The van der Waals surface area contributed by atoms with Gasteiger partial charge in [0.25, 0.3) is 0 Å². The first kappa shape index (κ1) is 25.3. The highest BCUT2D eigenvalue weighted by Gasteiger charge is 2.50. The Balaban J connectivity index is 1.52. The van der Waals surface area contributed by atoms with Crippen molar-refractivity contribution in [1.29, 1.82) is 0 Å². The van der Waals surface area contributed by atoms with Crippen LogP contribution in [-0.2, 0) is 6.42 Å². The normalized spacial score (nSPS) is 26.5. The number of amides is 1. The molecule has 2 aromatic carbocycles. The third-order valence-corrected chi connectivity index (χ3v) is 8.36. The monoisotopic (exact) mass is 514 g/mol. The molecule has 7 heteroatoms. The van der Waals surface area contributed by atoms with Crippen LogP contribution in [0.1, 0.15) is 64.6 Å². The van der Waals surface area contributed by atoms with Gasteiger partial charge in [0.05, 0.1) is 17.1 Å². The summed E-state index contributed by atoms with van der Waals surface area (Å²) in [5, 5.41) is 10.8. The lowest BCUT2D eigenvalue weighted by Crippen LogP contribution is -2.60. The average Bonchev–Trinajstić information content (AvgIpc) is 3.03. The Morgan fingerprint density at radius 3 is 2.42 bits per heavy atom. The summed E-state index contributed by atoms with van der Waals surface area (Å²) in [5.41, 5.74) is 2.08. The van der Waals surface area contributed by atoms with Crippen LogP contribution in [0.3, 0.4) is 0 Å². The van der Waals surface area contributed by atoms with E-state index in [1.165, 1.54) is 0 Å². The second-order valence-electron chi connectivity index (χ2n) is 12.4. The number of hydrogen-bond donors (Lipinski definition) is 1. The molecule has 0 radical (unpaired) electrons. The molecule has 0 spiro atoms. The molecule has 2 aromatic rings. The van der Waals surface area contributed by atoms with Crippen LogP contribution in [0.25, 0.3) is 11.1 Å². The van der Waals surface area contributed by atoms with Crippen molar-refractivity contribution in [1.82, 2.24) is 9.80 Å². The van der Waals surface area contributed by atoms with E-state index in [1.807, 2.05) is 32.9 Å². The number of rotatable bonds is 4. The van der Waals surface area contributed by atoms with E-state index >= 15 is 4.39 Å². The Kier molecular flexibility index (Phi) is 6.27. The molecule has 194 valence electrons. The fraction of sp³-hybridized carbons (Fsp3) is 0.552. The summed E-state index contributed by atoms with van der Waals surface area (Å²) in [6.45, 7) is 12.9. The fourth-order valence-electron chi connectivity index (χ4n) is 6.61. The van der Waals surface area contributed by atoms with Crippen LogP contribution >= 0.6 is 11.6 Å². The number of hydrogen-bond acceptors (Lipinski definition) is 3. The number of piperidine rings is 3. The molecular weight excluding hydrogens is 479 g/mol. The summed E-state index contributed by atoms with van der Waals surface area (Å²) >= 11 is 6.59. The van der Waals surface area contributed by atoms with Gasteiger partial charge in [-0.2, -0.15) is 0 Å². The maximum Gasteiger partial charge on any atom is 0.408 e. The van der Waals surface area contributed by atoms with Crippen LogP contribution in [-0.4, -0.2) is 52.3 Å². The van der Waals surface area contributed by atoms with Crippen molar-refractivity contribution in [2.75, 3.05) is 19.6 Å². The van der Waals surface area contributed by atoms with Crippen LogP contribution in [0.5, 0.6) is 5.75 Å². The number of carbonyl (C=O) groups is 1. The summed E-state index contributed by atoms with van der Waals surface area (Å²) in [7, 11) is 0. The molecule has 1 amide bonds. The van der Waals surface area contributed by atoms with Crippen LogP contribution in [0.15, 0.2) is 30.3 Å². The molecule has 3 aliphatic heterocycles. The van der Waals surface area contributed by atoms with Gasteiger partial charge in [0, 0.05) is 17.7 Å². The lowest BCUT2D eigenvalue weighted by molar-refractivity contribution is -0.0267. The first-order valence-corrected chi connectivity index (χ1v) is 13.3. The van der Waals surface area contributed by atoms with E-state index in [4.69, 9.17) is 16.3 Å². The molecule has 3 heterocycles. The molecule has 0 saturated carbocycles. The summed E-state index contributed by atoms with van der Waals surface area (Å²) in [6.07, 6.45) is 1.81. The van der Waals surface area contributed by atoms with Gasteiger partial charge in [-0.15, -0.1) is 0 Å². The zero-order chi connectivity index (χ0) is 26.0. The second kappa shape index (κ2) is 8.91. The molecule has 36 heavy (non-hydrogen) atoms. The van der Waals surface area contributed by atoms with Crippen molar-refractivity contribution in [3.05, 3.63) is 52.3 Å². The lowest BCUT2D eigenvalue weighted by atomic mass is 9.79. The fourth-order valence-corrected chi connectivity index (χ4v) is 6.88. The molecule has 2 bridgehead atoms. The van der Waals surface area contributed by atoms with Gasteiger partial charge in [0.15, 0.2) is 0 Å². The topological polar surface area (TPSA) is 53.0 Å². The van der Waals surface area contributed by atoms with Gasteiger partial charge >= 0.3 is 6.09 Å². The maximum atomic E-state index is 15.7. The van der Waals surface area contributed by atoms with E-state index in [0.717, 1.165) is 43.6 Å². The lowest BCUT2D eigenvalue weighted by Gasteiger charge is -2.51. The standard InChI is InChI=1S/C29H36ClFN2O3/c1-28(2,3)36-19-6-7-20(23(30)13-19)22-12-18-15-29(4,5)26(21(18)14-24(22)31)33(27(34)35)25-16-32-10-8-17(25)9-11-32/h6-7,12-14,17,25-26H,8-11,15-16H2,1-5H3,(H,34,35)/t25-,26+/m1/s1. The summed E-state index contributed by atoms with van der Waals surface area (Å²) < 4.78 is 21.6. The summed E-state index contributed by atoms with van der Waals surface area (Å²) in [4.78, 5) is 16.7. The van der Waals surface area contributed by atoms with E-state index in [9.17, 15) is 9.90 Å². The van der Waals surface area contributed by atoms with Crippen molar-refractivity contribution in [3.63, 3.8) is 0 Å². The molecular formula is C29H36ClFN2O3. The molecule has 0 unspecified atom stereocenters. The SMILES string of the molecule is CC(C)(C)Oc1ccc(-c2cc3c(cc2F)[C@H](N(C(=O)O)[C@@H]2CN4CCC2CC4)C(C)(C)C3)c(Cl)c1. The Bertz CT molecular complexity index is 1180. The molecule has 5 nitrogen and oxygen atoms in total. The molecule has 2 atom stereocenters. The van der Waals surface area contributed by atoms with E-state index in [0.29, 0.717) is 34.2 Å². The number of fused-ring (bicyclic) bond motifs is 4. The van der Waals surface area contributed by atoms with E-state index in [1.54, 1.807) is 23.1 Å². The number of benzene rings is 2. The van der Waals surface area contributed by atoms with E-state index < -0.39 is 12.1 Å². The van der Waals surface area contributed by atoms with Crippen LogP contribution in [0, 0.1) is 17.2 Å². The second-order valence-corrected chi connectivity index (χ2v) is 12.8. The van der Waals surface area contributed by atoms with Gasteiger partial charge in [0.1, 0.15) is 17.2 Å². The number of ether oxygens (including phenoxy) is 1. The van der Waals surface area contributed by atoms with Gasteiger partial charge in [-0.05, 0) is 106 Å². The highest BCUT2D eigenvalue weighted by Crippen LogP contribution is 2.52. The van der Waals surface area contributed by atoms with Gasteiger partial charge in [0.2, 0.25) is 0 Å². The molecule has 3 fully saturated rings. The predicted molar refractivity (Wildman–Crippen MR) is 140 cm³/mol. The Morgan fingerprint density at radius 1 is 1.17 bits per heavy atom. The largest absolute Gasteiger partial charge is 0.488 e. The summed E-state index contributed by atoms with van der Waals surface area (Å²) in [5.74, 6) is 0.610. The molecule has 3 saturated heterocycles. The first-order valence-electron chi connectivity index (χ1n) is 12.9. The van der Waals surface area contributed by atoms with Gasteiger partial charge < -0.3 is 14.7 Å². The van der Waals surface area contributed by atoms with Crippen molar-refractivity contribution in [3.8, 4) is 16.9 Å². The molecule has 0 aromatic heterocycles. The van der Waals surface area contributed by atoms with Crippen molar-refractivity contribution in [2.45, 2.75) is 71.6 Å². The van der Waals surface area contributed by atoms with Crippen molar-refractivity contribution < 1.29 is 19.0 Å². The van der Waals surface area contributed by atoms with Crippen LogP contribution < -0.4 is 4.74 Å². The van der Waals surface area contributed by atoms with Gasteiger partial charge in [-0.1, -0.05) is 25.4 Å². The van der Waals surface area contributed by atoms with Crippen molar-refractivity contribution >= 4 is 17.7 Å². The van der Waals surface area contributed by atoms with E-state index in [-0.39, 0.29) is 22.9 Å². The highest BCUT2D eigenvalue weighted by molar-refractivity contribution is 6.33. The third-order valence-electron chi connectivity index (χ3n) is 8.04. The average molecular weight is 515 g/mol. The Hall–Kier alpha value is -2.31. The Labute approximate surface area is 218 Å². The van der Waals surface area contributed by atoms with Crippen molar-refractivity contribution in [2.24, 2.45) is 11.3 Å². The zero-order valence-electron chi connectivity index (χ0n) is 21.8. The first-order chi connectivity index (χ1) is 16.8. The van der Waals surface area contributed by atoms with Crippen LogP contribution in [0.2, 0.25) is 5.02 Å². The smallest absolute Gasteiger partial charge is 0.408 e. The molecule has 1 N–H and O–H groups in total. The zero-order valence-corrected chi connectivity index (χ0v) is 22.5. The molecule has 4 aliphatic rings. The van der Waals surface area contributed by atoms with Gasteiger partial charge in [-0.3, -0.25) is 4.90 Å². The minimum Gasteiger partial charge on any atom is -0.488 e.